The lowest BCUT2D eigenvalue weighted by atomic mass is 10.0. The summed E-state index contributed by atoms with van der Waals surface area (Å²) in [5, 5.41) is 0. The van der Waals surface area contributed by atoms with Gasteiger partial charge in [-0.3, -0.25) is 4.90 Å². The quantitative estimate of drug-likeness (QED) is 0.911. The van der Waals surface area contributed by atoms with Crippen molar-refractivity contribution in [1.82, 2.24) is 4.90 Å². The molecule has 4 heteroatoms. The first-order valence-electron chi connectivity index (χ1n) is 7.08. The van der Waals surface area contributed by atoms with Gasteiger partial charge < -0.3 is 5.73 Å². The minimum atomic E-state index is -0.394. The number of hydrogen-bond acceptors (Lipinski definition) is 2. The molecule has 1 aliphatic carbocycles. The number of halogens is 2. The van der Waals surface area contributed by atoms with Crippen LogP contribution in [0.1, 0.15) is 30.9 Å². The molecule has 1 aromatic carbocycles. The summed E-state index contributed by atoms with van der Waals surface area (Å²) in [5.41, 5.74) is 6.23. The predicted molar refractivity (Wildman–Crippen MR) is 70.6 cm³/mol. The Morgan fingerprint density at radius 2 is 1.89 bits per heavy atom. The molecule has 1 saturated heterocycles. The number of benzene rings is 1. The Hall–Kier alpha value is -1.00. The highest BCUT2D eigenvalue weighted by Gasteiger charge is 2.39. The highest BCUT2D eigenvalue weighted by molar-refractivity contribution is 5.23. The van der Waals surface area contributed by atoms with Crippen molar-refractivity contribution in [2.24, 2.45) is 17.6 Å². The van der Waals surface area contributed by atoms with Crippen LogP contribution in [0.15, 0.2) is 18.2 Å². The highest BCUT2D eigenvalue weighted by Crippen LogP contribution is 2.41. The normalized spacial score (nSPS) is 28.6. The van der Waals surface area contributed by atoms with Crippen LogP contribution in [0, 0.1) is 23.5 Å². The van der Waals surface area contributed by atoms with E-state index < -0.39 is 5.82 Å². The van der Waals surface area contributed by atoms with Gasteiger partial charge in [0.25, 0.3) is 0 Å². The van der Waals surface area contributed by atoms with E-state index in [0.29, 0.717) is 12.1 Å². The third kappa shape index (κ3) is 2.39. The molecule has 0 spiro atoms. The maximum absolute atomic E-state index is 13.9. The van der Waals surface area contributed by atoms with Crippen LogP contribution in [-0.2, 0) is 0 Å². The summed E-state index contributed by atoms with van der Waals surface area (Å²) in [4.78, 5) is 2.24. The fourth-order valence-corrected chi connectivity index (χ4v) is 3.77. The van der Waals surface area contributed by atoms with Crippen molar-refractivity contribution >= 4 is 0 Å². The van der Waals surface area contributed by atoms with Crippen LogP contribution in [-0.4, -0.2) is 24.5 Å². The molecule has 104 valence electrons. The average molecular weight is 266 g/mol. The van der Waals surface area contributed by atoms with Gasteiger partial charge in [0.15, 0.2) is 0 Å². The zero-order valence-corrected chi connectivity index (χ0v) is 11.0. The van der Waals surface area contributed by atoms with Gasteiger partial charge in [0.1, 0.15) is 11.6 Å². The van der Waals surface area contributed by atoms with Crippen molar-refractivity contribution < 1.29 is 8.78 Å². The number of rotatable bonds is 3. The van der Waals surface area contributed by atoms with Gasteiger partial charge in [0, 0.05) is 25.2 Å². The van der Waals surface area contributed by atoms with Crippen molar-refractivity contribution in [2.75, 3.05) is 19.6 Å². The predicted octanol–water partition coefficient (Wildman–Crippen LogP) is 2.70. The molecule has 2 N–H and O–H groups in total. The van der Waals surface area contributed by atoms with E-state index in [0.717, 1.165) is 31.0 Å². The minimum absolute atomic E-state index is 0.193. The molecular formula is C15H20F2N2. The standard InChI is InChI=1S/C15H20F2N2/c16-12-4-5-14(17)13(6-12)15(7-18)19-8-10-2-1-3-11(10)9-19/h4-6,10-11,15H,1-3,7-9,18H2. The maximum Gasteiger partial charge on any atom is 0.128 e. The summed E-state index contributed by atoms with van der Waals surface area (Å²) in [5.74, 6) is 0.708. The Balaban J connectivity index is 1.83. The van der Waals surface area contributed by atoms with Gasteiger partial charge in [-0.15, -0.1) is 0 Å². The van der Waals surface area contributed by atoms with Crippen LogP contribution in [0.4, 0.5) is 8.78 Å². The first-order chi connectivity index (χ1) is 9.19. The van der Waals surface area contributed by atoms with E-state index in [1.807, 2.05) is 0 Å². The van der Waals surface area contributed by atoms with Crippen molar-refractivity contribution in [1.29, 1.82) is 0 Å². The molecule has 1 aliphatic heterocycles. The van der Waals surface area contributed by atoms with E-state index in [9.17, 15) is 8.78 Å². The lowest BCUT2D eigenvalue weighted by Crippen LogP contribution is -2.33. The van der Waals surface area contributed by atoms with Crippen LogP contribution in [0.2, 0.25) is 0 Å². The van der Waals surface area contributed by atoms with E-state index in [1.54, 1.807) is 0 Å². The van der Waals surface area contributed by atoms with Gasteiger partial charge in [-0.25, -0.2) is 8.78 Å². The molecule has 2 fully saturated rings. The summed E-state index contributed by atoms with van der Waals surface area (Å²) in [6.45, 7) is 2.28. The lowest BCUT2D eigenvalue weighted by Gasteiger charge is -2.28. The second-order valence-corrected chi connectivity index (χ2v) is 5.82. The molecule has 3 atom stereocenters. The van der Waals surface area contributed by atoms with Crippen LogP contribution in [0.3, 0.4) is 0 Å². The third-order valence-corrected chi connectivity index (χ3v) is 4.74. The molecular weight excluding hydrogens is 246 g/mol. The zero-order chi connectivity index (χ0) is 13.4. The molecule has 3 unspecified atom stereocenters. The summed E-state index contributed by atoms with van der Waals surface area (Å²) in [6, 6.07) is 3.46. The summed E-state index contributed by atoms with van der Waals surface area (Å²) < 4.78 is 27.2. The Labute approximate surface area is 112 Å². The van der Waals surface area contributed by atoms with E-state index >= 15 is 0 Å². The van der Waals surface area contributed by atoms with E-state index in [1.165, 1.54) is 31.4 Å². The Kier molecular flexibility index (Phi) is 3.54. The van der Waals surface area contributed by atoms with Gasteiger partial charge in [-0.2, -0.15) is 0 Å². The fourth-order valence-electron chi connectivity index (χ4n) is 3.77. The van der Waals surface area contributed by atoms with E-state index in [2.05, 4.69) is 4.90 Å². The molecule has 1 saturated carbocycles. The molecule has 1 heterocycles. The average Bonchev–Trinajstić information content (AvgIpc) is 2.95. The largest absolute Gasteiger partial charge is 0.329 e. The third-order valence-electron chi connectivity index (χ3n) is 4.74. The summed E-state index contributed by atoms with van der Waals surface area (Å²) >= 11 is 0. The van der Waals surface area contributed by atoms with Crippen LogP contribution >= 0.6 is 0 Å². The Bertz CT molecular complexity index is 451. The molecule has 1 aromatic rings. The lowest BCUT2D eigenvalue weighted by molar-refractivity contribution is 0.226. The van der Waals surface area contributed by atoms with Gasteiger partial charge in [0.2, 0.25) is 0 Å². The molecule has 0 bridgehead atoms. The molecule has 0 amide bonds. The topological polar surface area (TPSA) is 29.3 Å². The Morgan fingerprint density at radius 1 is 1.21 bits per heavy atom. The second-order valence-electron chi connectivity index (χ2n) is 5.82. The molecule has 0 radical (unpaired) electrons. The molecule has 2 aliphatic rings. The first-order valence-corrected chi connectivity index (χ1v) is 7.08. The number of fused-ring (bicyclic) bond motifs is 1. The number of nitrogens with two attached hydrogens (primary N) is 1. The zero-order valence-electron chi connectivity index (χ0n) is 11.0. The first kappa shape index (κ1) is 13.0. The van der Waals surface area contributed by atoms with Crippen LogP contribution in [0.5, 0.6) is 0 Å². The molecule has 19 heavy (non-hydrogen) atoms. The summed E-state index contributed by atoms with van der Waals surface area (Å²) in [7, 11) is 0. The molecule has 3 rings (SSSR count). The van der Waals surface area contributed by atoms with Gasteiger partial charge in [-0.1, -0.05) is 6.42 Å². The van der Waals surface area contributed by atoms with Crippen LogP contribution < -0.4 is 5.73 Å². The van der Waals surface area contributed by atoms with E-state index in [4.69, 9.17) is 5.73 Å². The Morgan fingerprint density at radius 3 is 2.53 bits per heavy atom. The summed E-state index contributed by atoms with van der Waals surface area (Å²) in [6.07, 6.45) is 3.85. The SMILES string of the molecule is NCC(c1cc(F)ccc1F)N1CC2CCCC2C1. The molecule has 2 nitrogen and oxygen atoms in total. The molecule has 0 aromatic heterocycles. The van der Waals surface area contributed by atoms with Gasteiger partial charge in [0.05, 0.1) is 6.04 Å². The highest BCUT2D eigenvalue weighted by atomic mass is 19.1. The van der Waals surface area contributed by atoms with Crippen molar-refractivity contribution in [2.45, 2.75) is 25.3 Å². The maximum atomic E-state index is 13.9. The van der Waals surface area contributed by atoms with Crippen molar-refractivity contribution in [3.63, 3.8) is 0 Å². The number of nitrogens with zero attached hydrogens (tertiary/aromatic N) is 1. The van der Waals surface area contributed by atoms with Crippen LogP contribution in [0.25, 0.3) is 0 Å². The smallest absolute Gasteiger partial charge is 0.128 e. The second kappa shape index (κ2) is 5.17. The van der Waals surface area contributed by atoms with Crippen molar-refractivity contribution in [3.05, 3.63) is 35.4 Å². The minimum Gasteiger partial charge on any atom is -0.329 e. The number of likely N-dealkylation sites (tertiary alicyclic amines) is 1. The van der Waals surface area contributed by atoms with Crippen molar-refractivity contribution in [3.8, 4) is 0 Å². The monoisotopic (exact) mass is 266 g/mol. The number of hydrogen-bond donors (Lipinski definition) is 1. The fraction of sp³-hybridized carbons (Fsp3) is 0.600. The van der Waals surface area contributed by atoms with E-state index in [-0.39, 0.29) is 11.9 Å². The van der Waals surface area contributed by atoms with Gasteiger partial charge >= 0.3 is 0 Å². The van der Waals surface area contributed by atoms with Gasteiger partial charge in [-0.05, 0) is 42.9 Å².